The van der Waals surface area contributed by atoms with Gasteiger partial charge in [0.15, 0.2) is 0 Å². The van der Waals surface area contributed by atoms with Gasteiger partial charge in [-0.25, -0.2) is 4.99 Å². The Bertz CT molecular complexity index is 832. The SMILES string of the molecule is CC(N)=N/C=C(\N(C)C(C)(C)c1cc(Cl)c2[nH]ncc2c1)C(F)(F)F. The number of aromatic amines is 1. The van der Waals surface area contributed by atoms with E-state index in [2.05, 4.69) is 15.2 Å². The van der Waals surface area contributed by atoms with Crippen LogP contribution < -0.4 is 5.73 Å². The minimum absolute atomic E-state index is 0.0378. The molecule has 0 amide bonds. The Labute approximate surface area is 148 Å². The van der Waals surface area contributed by atoms with Gasteiger partial charge < -0.3 is 10.6 Å². The van der Waals surface area contributed by atoms with Crippen molar-refractivity contribution in [1.29, 1.82) is 0 Å². The maximum Gasteiger partial charge on any atom is 0.432 e. The minimum atomic E-state index is -4.59. The zero-order valence-corrected chi connectivity index (χ0v) is 15.0. The summed E-state index contributed by atoms with van der Waals surface area (Å²) in [5.74, 6) is 0.0378. The van der Waals surface area contributed by atoms with Crippen LogP contribution in [0.2, 0.25) is 5.02 Å². The number of rotatable bonds is 4. The molecule has 9 heteroatoms. The second-order valence-electron chi connectivity index (χ2n) is 6.19. The molecule has 1 aromatic heterocycles. The Morgan fingerprint density at radius 1 is 1.36 bits per heavy atom. The Morgan fingerprint density at radius 2 is 2.00 bits per heavy atom. The number of nitrogens with two attached hydrogens (primary N) is 1. The fraction of sp³-hybridized carbons (Fsp3) is 0.375. The molecule has 1 heterocycles. The number of aliphatic imine (C=N–C) groups is 1. The lowest BCUT2D eigenvalue weighted by molar-refractivity contribution is -0.117. The number of benzene rings is 1. The van der Waals surface area contributed by atoms with Gasteiger partial charge in [0.1, 0.15) is 5.70 Å². The highest BCUT2D eigenvalue weighted by atomic mass is 35.5. The fourth-order valence-electron chi connectivity index (χ4n) is 2.38. The van der Waals surface area contributed by atoms with Gasteiger partial charge in [-0.2, -0.15) is 18.3 Å². The van der Waals surface area contributed by atoms with Crippen LogP contribution in [0.25, 0.3) is 10.9 Å². The van der Waals surface area contributed by atoms with Gasteiger partial charge in [-0.3, -0.25) is 5.10 Å². The van der Waals surface area contributed by atoms with E-state index in [1.807, 2.05) is 0 Å². The Balaban J connectivity index is 2.54. The fourth-order valence-corrected chi connectivity index (χ4v) is 2.64. The molecule has 0 unspecified atom stereocenters. The number of aromatic nitrogens is 2. The second kappa shape index (κ2) is 6.59. The van der Waals surface area contributed by atoms with Crippen LogP contribution in [-0.2, 0) is 5.54 Å². The monoisotopic (exact) mass is 373 g/mol. The van der Waals surface area contributed by atoms with E-state index < -0.39 is 17.4 Å². The van der Waals surface area contributed by atoms with E-state index in [-0.39, 0.29) is 5.84 Å². The van der Waals surface area contributed by atoms with Crippen molar-refractivity contribution < 1.29 is 13.2 Å². The average molecular weight is 374 g/mol. The molecule has 136 valence electrons. The van der Waals surface area contributed by atoms with Crippen LogP contribution in [0.5, 0.6) is 0 Å². The Morgan fingerprint density at radius 3 is 2.56 bits per heavy atom. The van der Waals surface area contributed by atoms with Crippen molar-refractivity contribution in [3.63, 3.8) is 0 Å². The van der Waals surface area contributed by atoms with E-state index >= 15 is 0 Å². The molecule has 0 aliphatic carbocycles. The first-order valence-electron chi connectivity index (χ1n) is 7.38. The lowest BCUT2D eigenvalue weighted by atomic mass is 9.91. The Kier molecular flexibility index (Phi) is 5.04. The van der Waals surface area contributed by atoms with Crippen LogP contribution in [0.3, 0.4) is 0 Å². The van der Waals surface area contributed by atoms with Crippen molar-refractivity contribution in [1.82, 2.24) is 15.1 Å². The van der Waals surface area contributed by atoms with Crippen molar-refractivity contribution >= 4 is 28.3 Å². The molecule has 2 aromatic rings. The van der Waals surface area contributed by atoms with Crippen LogP contribution in [0.15, 0.2) is 35.2 Å². The number of amidine groups is 1. The summed E-state index contributed by atoms with van der Waals surface area (Å²) in [5.41, 5.74) is 4.68. The van der Waals surface area contributed by atoms with Crippen molar-refractivity contribution in [3.05, 3.63) is 40.8 Å². The van der Waals surface area contributed by atoms with E-state index in [9.17, 15) is 13.2 Å². The van der Waals surface area contributed by atoms with Gasteiger partial charge in [0.2, 0.25) is 0 Å². The third-order valence-electron chi connectivity index (χ3n) is 4.09. The number of allylic oxidation sites excluding steroid dienone is 1. The van der Waals surface area contributed by atoms with Crippen LogP contribution in [0, 0.1) is 0 Å². The number of H-pyrrole nitrogens is 1. The van der Waals surface area contributed by atoms with E-state index in [0.29, 0.717) is 16.1 Å². The zero-order valence-electron chi connectivity index (χ0n) is 14.2. The summed E-state index contributed by atoms with van der Waals surface area (Å²) in [5, 5.41) is 7.77. The molecule has 0 aliphatic rings. The molecule has 0 atom stereocenters. The number of hydrogen-bond donors (Lipinski definition) is 2. The van der Waals surface area contributed by atoms with Gasteiger partial charge in [0, 0.05) is 12.4 Å². The summed E-state index contributed by atoms with van der Waals surface area (Å²) < 4.78 is 40.5. The predicted molar refractivity (Wildman–Crippen MR) is 93.3 cm³/mol. The summed E-state index contributed by atoms with van der Waals surface area (Å²) in [6.07, 6.45) is -2.28. The van der Waals surface area contributed by atoms with Gasteiger partial charge in [0.05, 0.1) is 34.3 Å². The van der Waals surface area contributed by atoms with E-state index in [0.717, 1.165) is 16.5 Å². The van der Waals surface area contributed by atoms with E-state index in [4.69, 9.17) is 17.3 Å². The number of nitrogens with zero attached hydrogens (tertiary/aromatic N) is 3. The molecule has 0 bridgehead atoms. The first kappa shape index (κ1) is 19.1. The molecule has 3 N–H and O–H groups in total. The van der Waals surface area contributed by atoms with Crippen LogP contribution >= 0.6 is 11.6 Å². The van der Waals surface area contributed by atoms with Gasteiger partial charge in [-0.1, -0.05) is 11.6 Å². The first-order chi connectivity index (χ1) is 11.4. The van der Waals surface area contributed by atoms with Crippen molar-refractivity contribution in [2.75, 3.05) is 7.05 Å². The van der Waals surface area contributed by atoms with Crippen molar-refractivity contribution in [3.8, 4) is 0 Å². The average Bonchev–Trinajstić information content (AvgIpc) is 2.94. The minimum Gasteiger partial charge on any atom is -0.387 e. The predicted octanol–water partition coefficient (Wildman–Crippen LogP) is 4.16. The molecule has 0 saturated carbocycles. The highest BCUT2D eigenvalue weighted by molar-refractivity contribution is 6.35. The van der Waals surface area contributed by atoms with Crippen LogP contribution in [-0.4, -0.2) is 34.2 Å². The van der Waals surface area contributed by atoms with Crippen molar-refractivity contribution in [2.24, 2.45) is 10.7 Å². The smallest absolute Gasteiger partial charge is 0.387 e. The largest absolute Gasteiger partial charge is 0.432 e. The Hall–Kier alpha value is -2.22. The third kappa shape index (κ3) is 3.89. The quantitative estimate of drug-likeness (QED) is 0.624. The highest BCUT2D eigenvalue weighted by Gasteiger charge is 2.42. The second-order valence-corrected chi connectivity index (χ2v) is 6.60. The molecule has 25 heavy (non-hydrogen) atoms. The molecule has 0 fully saturated rings. The normalized spacial score (nSPS) is 14.2. The standard InChI is InChI=1S/C16H19ClF3N5/c1-9(21)22-8-13(16(18,19)20)25(4)15(2,3)11-5-10-7-23-24-14(10)12(17)6-11/h5-8H,1-4H3,(H2,21,22)(H,23,24)/b13-8-. The first-order valence-corrected chi connectivity index (χ1v) is 7.76. The van der Waals surface area contributed by atoms with E-state index in [1.54, 1.807) is 32.2 Å². The topological polar surface area (TPSA) is 70.3 Å². The molecule has 0 spiro atoms. The summed E-state index contributed by atoms with van der Waals surface area (Å²) in [7, 11) is 1.36. The molecule has 2 rings (SSSR count). The summed E-state index contributed by atoms with van der Waals surface area (Å²) in [4.78, 5) is 4.72. The van der Waals surface area contributed by atoms with Gasteiger partial charge in [-0.05, 0) is 38.5 Å². The van der Waals surface area contributed by atoms with Gasteiger partial charge in [0.25, 0.3) is 0 Å². The molecule has 5 nitrogen and oxygen atoms in total. The summed E-state index contributed by atoms with van der Waals surface area (Å²) >= 11 is 6.22. The molecule has 1 aromatic carbocycles. The molecule has 0 saturated heterocycles. The zero-order chi connectivity index (χ0) is 19.0. The van der Waals surface area contributed by atoms with Gasteiger partial charge >= 0.3 is 6.18 Å². The number of halogens is 4. The number of hydrogen-bond acceptors (Lipinski definition) is 3. The van der Waals surface area contributed by atoms with Gasteiger partial charge in [-0.15, -0.1) is 0 Å². The highest BCUT2D eigenvalue weighted by Crippen LogP contribution is 2.38. The number of alkyl halides is 3. The van der Waals surface area contributed by atoms with E-state index in [1.165, 1.54) is 14.0 Å². The molecule has 0 aliphatic heterocycles. The number of fused-ring (bicyclic) bond motifs is 1. The maximum absolute atomic E-state index is 13.5. The van der Waals surface area contributed by atoms with Crippen LogP contribution in [0.1, 0.15) is 26.3 Å². The summed E-state index contributed by atoms with van der Waals surface area (Å²) in [6, 6.07) is 3.39. The third-order valence-corrected chi connectivity index (χ3v) is 4.39. The molecular formula is C16H19ClF3N5. The lowest BCUT2D eigenvalue weighted by Crippen LogP contribution is -2.42. The molecular weight excluding hydrogens is 355 g/mol. The van der Waals surface area contributed by atoms with Crippen molar-refractivity contribution in [2.45, 2.75) is 32.5 Å². The van der Waals surface area contributed by atoms with Crippen LogP contribution in [0.4, 0.5) is 13.2 Å². The number of nitrogens with one attached hydrogen (secondary N) is 1. The lowest BCUT2D eigenvalue weighted by Gasteiger charge is -2.39. The maximum atomic E-state index is 13.5. The summed E-state index contributed by atoms with van der Waals surface area (Å²) in [6.45, 7) is 4.76. The molecule has 0 radical (unpaired) electrons.